The summed E-state index contributed by atoms with van der Waals surface area (Å²) >= 11 is 1.25. The van der Waals surface area contributed by atoms with Crippen LogP contribution in [0.25, 0.3) is 0 Å². The smallest absolute Gasteiger partial charge is 0.244 e. The van der Waals surface area contributed by atoms with E-state index >= 15 is 0 Å². The van der Waals surface area contributed by atoms with Crippen molar-refractivity contribution in [2.75, 3.05) is 37.7 Å². The highest BCUT2D eigenvalue weighted by Gasteiger charge is 2.57. The molecule has 1 aromatic heterocycles. The minimum absolute atomic E-state index is 0.0858. The molecule has 7 nitrogen and oxygen atoms in total. The molecule has 0 radical (unpaired) electrons. The van der Waals surface area contributed by atoms with Gasteiger partial charge >= 0.3 is 0 Å². The SMILES string of the molecule is CCCN(CCNC)C(C(=O)Nc1nnc(N)s1)C12CC3CC(CC(C3)C1)C2. The molecule has 1 aromatic rings. The Balaban J connectivity index is 1.63. The number of anilines is 2. The lowest BCUT2D eigenvalue weighted by Crippen LogP contribution is -2.61. The van der Waals surface area contributed by atoms with Crippen molar-refractivity contribution in [2.24, 2.45) is 23.2 Å². The molecule has 1 heterocycles. The monoisotopic (exact) mass is 406 g/mol. The lowest BCUT2D eigenvalue weighted by atomic mass is 9.47. The normalized spacial score (nSPS) is 32.0. The number of carbonyl (C=O) groups is 1. The van der Waals surface area contributed by atoms with Crippen molar-refractivity contribution in [1.82, 2.24) is 20.4 Å². The minimum atomic E-state index is -0.0978. The third-order valence-corrected chi connectivity index (χ3v) is 7.78. The Kier molecular flexibility index (Phi) is 5.90. The van der Waals surface area contributed by atoms with Crippen molar-refractivity contribution in [2.45, 2.75) is 57.9 Å². The summed E-state index contributed by atoms with van der Waals surface area (Å²) in [5.41, 5.74) is 5.83. The molecule has 4 saturated carbocycles. The number of aromatic nitrogens is 2. The summed E-state index contributed by atoms with van der Waals surface area (Å²) in [6.07, 6.45) is 8.80. The molecule has 0 spiro atoms. The van der Waals surface area contributed by atoms with E-state index in [-0.39, 0.29) is 17.4 Å². The highest BCUT2D eigenvalue weighted by atomic mass is 32.1. The van der Waals surface area contributed by atoms with Gasteiger partial charge in [0.15, 0.2) is 0 Å². The average molecular weight is 407 g/mol. The van der Waals surface area contributed by atoms with Crippen LogP contribution in [0.2, 0.25) is 0 Å². The molecule has 4 bridgehead atoms. The van der Waals surface area contributed by atoms with E-state index < -0.39 is 0 Å². The van der Waals surface area contributed by atoms with Gasteiger partial charge in [-0.1, -0.05) is 18.3 Å². The van der Waals surface area contributed by atoms with Crippen LogP contribution in [-0.4, -0.2) is 53.7 Å². The minimum Gasteiger partial charge on any atom is -0.374 e. The number of likely N-dealkylation sites (N-methyl/N-ethyl adjacent to an activating group) is 1. The molecule has 156 valence electrons. The Labute approximate surface area is 171 Å². The summed E-state index contributed by atoms with van der Waals surface area (Å²) in [4.78, 5) is 16.1. The topological polar surface area (TPSA) is 96.2 Å². The van der Waals surface area contributed by atoms with Crippen molar-refractivity contribution in [3.63, 3.8) is 0 Å². The number of nitrogens with zero attached hydrogens (tertiary/aromatic N) is 3. The second-order valence-electron chi connectivity index (χ2n) is 9.26. The van der Waals surface area contributed by atoms with Gasteiger partial charge in [-0.3, -0.25) is 15.0 Å². The fourth-order valence-electron chi connectivity index (χ4n) is 6.72. The number of hydrogen-bond donors (Lipinski definition) is 3. The number of hydrogen-bond acceptors (Lipinski definition) is 7. The zero-order valence-corrected chi connectivity index (χ0v) is 17.9. The Bertz CT molecular complexity index is 657. The fraction of sp³-hybridized carbons (Fsp3) is 0.850. The van der Waals surface area contributed by atoms with Gasteiger partial charge in [0.2, 0.25) is 16.2 Å². The van der Waals surface area contributed by atoms with Crippen LogP contribution < -0.4 is 16.4 Å². The maximum Gasteiger partial charge on any atom is 0.244 e. The number of nitrogen functional groups attached to an aromatic ring is 1. The lowest BCUT2D eigenvalue weighted by Gasteiger charge is -2.60. The number of rotatable bonds is 9. The van der Waals surface area contributed by atoms with Crippen LogP contribution in [-0.2, 0) is 4.79 Å². The molecule has 0 saturated heterocycles. The molecule has 1 atom stereocenters. The second kappa shape index (κ2) is 8.24. The van der Waals surface area contributed by atoms with E-state index in [1.807, 2.05) is 7.05 Å². The van der Waals surface area contributed by atoms with Gasteiger partial charge < -0.3 is 11.1 Å². The first-order valence-electron chi connectivity index (χ1n) is 10.8. The number of carbonyl (C=O) groups excluding carboxylic acids is 1. The summed E-state index contributed by atoms with van der Waals surface area (Å²) in [5.74, 6) is 2.52. The van der Waals surface area contributed by atoms with Crippen molar-refractivity contribution in [1.29, 1.82) is 0 Å². The highest BCUT2D eigenvalue weighted by molar-refractivity contribution is 7.18. The Morgan fingerprint density at radius 3 is 2.36 bits per heavy atom. The zero-order valence-electron chi connectivity index (χ0n) is 17.1. The molecular formula is C20H34N6OS. The Hall–Kier alpha value is -1.25. The Morgan fingerprint density at radius 1 is 1.21 bits per heavy atom. The van der Waals surface area contributed by atoms with Gasteiger partial charge in [-0.25, -0.2) is 0 Å². The van der Waals surface area contributed by atoms with Gasteiger partial charge in [0.1, 0.15) is 0 Å². The molecule has 1 amide bonds. The predicted molar refractivity (Wildman–Crippen MR) is 113 cm³/mol. The summed E-state index contributed by atoms with van der Waals surface area (Å²) in [5, 5.41) is 15.1. The van der Waals surface area contributed by atoms with E-state index in [1.54, 1.807) is 0 Å². The lowest BCUT2D eigenvalue weighted by molar-refractivity contribution is -0.141. The average Bonchev–Trinajstić information content (AvgIpc) is 3.03. The summed E-state index contributed by atoms with van der Waals surface area (Å²) < 4.78 is 0. The molecule has 0 aliphatic heterocycles. The summed E-state index contributed by atoms with van der Waals surface area (Å²) in [6.45, 7) is 4.93. The zero-order chi connectivity index (χ0) is 19.7. The largest absolute Gasteiger partial charge is 0.374 e. The molecule has 0 aromatic carbocycles. The first-order valence-corrected chi connectivity index (χ1v) is 11.6. The highest BCUT2D eigenvalue weighted by Crippen LogP contribution is 2.62. The van der Waals surface area contributed by atoms with E-state index in [2.05, 4.69) is 32.7 Å². The van der Waals surface area contributed by atoms with Crippen LogP contribution in [0.3, 0.4) is 0 Å². The third kappa shape index (κ3) is 3.91. The maximum absolute atomic E-state index is 13.6. The molecule has 4 fully saturated rings. The third-order valence-electron chi connectivity index (χ3n) is 7.11. The fourth-order valence-corrected chi connectivity index (χ4v) is 7.23. The van der Waals surface area contributed by atoms with Gasteiger partial charge in [-0.15, -0.1) is 10.2 Å². The van der Waals surface area contributed by atoms with Crippen LogP contribution in [0, 0.1) is 23.2 Å². The molecule has 4 N–H and O–H groups in total. The van der Waals surface area contributed by atoms with E-state index in [9.17, 15) is 4.79 Å². The summed E-state index contributed by atoms with van der Waals surface area (Å²) in [6, 6.07) is -0.0978. The van der Waals surface area contributed by atoms with Crippen LogP contribution in [0.4, 0.5) is 10.3 Å². The van der Waals surface area contributed by atoms with Crippen LogP contribution in [0.1, 0.15) is 51.9 Å². The van der Waals surface area contributed by atoms with Gasteiger partial charge in [0.25, 0.3) is 0 Å². The maximum atomic E-state index is 13.6. The molecular weight excluding hydrogens is 372 g/mol. The Morgan fingerprint density at radius 2 is 1.86 bits per heavy atom. The number of nitrogens with one attached hydrogen (secondary N) is 2. The van der Waals surface area contributed by atoms with Crippen LogP contribution in [0.5, 0.6) is 0 Å². The van der Waals surface area contributed by atoms with Gasteiger partial charge in [0.05, 0.1) is 6.04 Å². The quantitative estimate of drug-likeness (QED) is 0.583. The summed E-state index contributed by atoms with van der Waals surface area (Å²) in [7, 11) is 1.98. The van der Waals surface area contributed by atoms with E-state index in [0.717, 1.165) is 43.8 Å². The van der Waals surface area contributed by atoms with Crippen molar-refractivity contribution >= 4 is 27.5 Å². The first-order chi connectivity index (χ1) is 13.5. The van der Waals surface area contributed by atoms with Crippen molar-refractivity contribution in [3.8, 4) is 0 Å². The van der Waals surface area contributed by atoms with Crippen molar-refractivity contribution in [3.05, 3.63) is 0 Å². The second-order valence-corrected chi connectivity index (χ2v) is 10.3. The molecule has 4 aliphatic carbocycles. The molecule has 5 rings (SSSR count). The molecule has 8 heteroatoms. The van der Waals surface area contributed by atoms with Crippen LogP contribution >= 0.6 is 11.3 Å². The first kappa shape index (κ1) is 20.0. The molecule has 28 heavy (non-hydrogen) atoms. The molecule has 4 aliphatic rings. The number of amides is 1. The predicted octanol–water partition coefficient (Wildman–Crippen LogP) is 2.58. The van der Waals surface area contributed by atoms with E-state index in [1.165, 1.54) is 49.9 Å². The standard InChI is InChI=1S/C20H34N6OS/c1-3-5-26(6-4-22-2)16(17(27)23-19-25-24-18(21)28-19)20-10-13-7-14(11-20)9-15(8-13)12-20/h13-16,22H,3-12H2,1-2H3,(H2,21,24)(H,23,25,27). The van der Waals surface area contributed by atoms with Gasteiger partial charge in [-0.05, 0) is 81.7 Å². The van der Waals surface area contributed by atoms with Gasteiger partial charge in [0, 0.05) is 13.1 Å². The van der Waals surface area contributed by atoms with Crippen molar-refractivity contribution < 1.29 is 4.79 Å². The van der Waals surface area contributed by atoms with Crippen LogP contribution in [0.15, 0.2) is 0 Å². The van der Waals surface area contributed by atoms with E-state index in [0.29, 0.717) is 10.3 Å². The molecule has 1 unspecified atom stereocenters. The van der Waals surface area contributed by atoms with E-state index in [4.69, 9.17) is 5.73 Å². The van der Waals surface area contributed by atoms with Gasteiger partial charge in [-0.2, -0.15) is 0 Å². The number of nitrogens with two attached hydrogens (primary N) is 1.